The number of aliphatic hydroxyl groups excluding tert-OH is 2. The monoisotopic (exact) mass is 1080 g/mol. The Morgan fingerprint density at radius 3 is 2.29 bits per heavy atom. The number of hydrogen-bond donors (Lipinski definition) is 5. The number of aliphatic hydroxyl groups is 3. The van der Waals surface area contributed by atoms with Crippen molar-refractivity contribution in [1.29, 1.82) is 0 Å². The molecular weight excluding hydrogens is 1010 g/mol. The molecule has 0 bridgehead atoms. The molecule has 5 aromatic rings. The van der Waals surface area contributed by atoms with Gasteiger partial charge >= 0.3 is 0 Å². The molecule has 4 aliphatic rings. The van der Waals surface area contributed by atoms with Gasteiger partial charge in [0.05, 0.1) is 41.4 Å². The first kappa shape index (κ1) is 55.0. The van der Waals surface area contributed by atoms with E-state index in [-0.39, 0.29) is 61.6 Å². The van der Waals surface area contributed by atoms with Crippen LogP contribution in [0.3, 0.4) is 0 Å². The van der Waals surface area contributed by atoms with Crippen LogP contribution in [-0.4, -0.2) is 176 Å². The van der Waals surface area contributed by atoms with E-state index in [1.807, 2.05) is 66.8 Å². The third kappa shape index (κ3) is 12.2. The third-order valence-corrected chi connectivity index (χ3v) is 16.9. The smallest absolute Gasteiger partial charge is 0.254 e. The summed E-state index contributed by atoms with van der Waals surface area (Å²) in [5.74, 6) is 0.130. The minimum atomic E-state index is -1.55. The van der Waals surface area contributed by atoms with Crippen LogP contribution in [0.5, 0.6) is 0 Å². The number of nitrogens with one attached hydrogen (secondary N) is 1. The lowest BCUT2D eigenvalue weighted by molar-refractivity contribution is -0.155. The Balaban J connectivity index is 0.812. The fourth-order valence-corrected chi connectivity index (χ4v) is 12.1. The average molecular weight is 1080 g/mol. The van der Waals surface area contributed by atoms with Gasteiger partial charge < -0.3 is 46.0 Å². The van der Waals surface area contributed by atoms with E-state index < -0.39 is 29.8 Å². The average Bonchev–Trinajstić information content (AvgIpc) is 4.19. The highest BCUT2D eigenvalue weighted by Crippen LogP contribution is 2.40. The zero-order chi connectivity index (χ0) is 53.9. The van der Waals surface area contributed by atoms with Crippen molar-refractivity contribution in [2.75, 3.05) is 75.2 Å². The Morgan fingerprint density at radius 1 is 0.934 bits per heavy atom. The predicted molar refractivity (Wildman–Crippen MR) is 288 cm³/mol. The van der Waals surface area contributed by atoms with Gasteiger partial charge in [0.15, 0.2) is 5.82 Å². The Morgan fingerprint density at radius 2 is 1.63 bits per heavy atom. The summed E-state index contributed by atoms with van der Waals surface area (Å²) in [5.41, 5.74) is 8.61. The van der Waals surface area contributed by atoms with Gasteiger partial charge in [0, 0.05) is 120 Å². The van der Waals surface area contributed by atoms with Crippen LogP contribution < -0.4 is 20.9 Å². The molecule has 4 fully saturated rings. The van der Waals surface area contributed by atoms with Gasteiger partial charge in [-0.15, -0.1) is 5.10 Å². The fourth-order valence-electron chi connectivity index (χ4n) is 10.9. The van der Waals surface area contributed by atoms with E-state index >= 15 is 0 Å². The Bertz CT molecular complexity index is 2820. The molecule has 0 aliphatic carbocycles. The summed E-state index contributed by atoms with van der Waals surface area (Å²) in [6.45, 7) is 15.1. The molecule has 76 heavy (non-hydrogen) atoms. The van der Waals surface area contributed by atoms with Gasteiger partial charge in [-0.3, -0.25) is 24.0 Å². The maximum Gasteiger partial charge on any atom is 0.254 e. The normalized spacial score (nSPS) is 20.8. The number of amides is 3. The largest absolute Gasteiger partial charge is 0.391 e. The maximum atomic E-state index is 14.4. The van der Waals surface area contributed by atoms with Crippen molar-refractivity contribution in [3.63, 3.8) is 0 Å². The summed E-state index contributed by atoms with van der Waals surface area (Å²) < 4.78 is 3.47. The van der Waals surface area contributed by atoms with Crippen LogP contribution >= 0.6 is 23.4 Å². The van der Waals surface area contributed by atoms with Crippen LogP contribution in [0.25, 0.3) is 11.3 Å². The number of benzene rings is 1. The number of halogens is 1. The lowest BCUT2D eigenvalue weighted by Crippen LogP contribution is -2.59. The standard InChI is InChI=1S/C53H72ClN15O6S/c1-6-68-41(11-19-58-68)37-9-7-36(8-10-37)39(60-49(72)42-29-38(71)32-67(42)50(73)46(34(2)3)69-31-35(4)61-62-69)13-20-63-25-27-66(28-26-63)51(74)53(75)16-23-65(24-17-53)48-45(54)43(12-18-56-48)76-44-30-57-47(40(33-70)59-44)64-21-14-52(5,55)15-22-64/h7-12,18-19,30-31,34,38-39,42,46,70-71,75H,6,13-17,20-29,32-33,55H2,1-5H3,(H,60,72)/t38-,39+,42+,46+/m1/s1. The number of anilines is 2. The van der Waals surface area contributed by atoms with Gasteiger partial charge in [0.25, 0.3) is 5.91 Å². The number of nitrogens with zero attached hydrogens (tertiary/aromatic N) is 13. The lowest BCUT2D eigenvalue weighted by Gasteiger charge is -2.43. The molecule has 9 rings (SSSR count). The van der Waals surface area contributed by atoms with E-state index in [2.05, 4.69) is 42.4 Å². The lowest BCUT2D eigenvalue weighted by atomic mass is 9.89. The number of carbonyl (C=O) groups excluding carboxylic acids is 3. The number of rotatable bonds is 17. The topological polar surface area (TPSA) is 253 Å². The number of hydrogen-bond acceptors (Lipinski definition) is 17. The minimum absolute atomic E-state index is 0.0312. The summed E-state index contributed by atoms with van der Waals surface area (Å²) in [6.07, 6.45) is 8.69. The Labute approximate surface area is 453 Å². The van der Waals surface area contributed by atoms with E-state index in [1.54, 1.807) is 41.3 Å². The highest BCUT2D eigenvalue weighted by Gasteiger charge is 2.45. The van der Waals surface area contributed by atoms with Crippen molar-refractivity contribution in [3.05, 3.63) is 83.2 Å². The molecule has 408 valence electrons. The molecule has 21 nitrogen and oxygen atoms in total. The zero-order valence-corrected chi connectivity index (χ0v) is 45.7. The first-order valence-corrected chi connectivity index (χ1v) is 27.7. The van der Waals surface area contributed by atoms with Crippen molar-refractivity contribution in [2.45, 2.75) is 132 Å². The number of likely N-dealkylation sites (tertiary alicyclic amines) is 1. The molecule has 4 atom stereocenters. The number of aromatic nitrogens is 8. The SMILES string of the molecule is CCn1nccc1-c1ccc([C@H](CCN2CCN(C(=O)C3(O)CCN(c4nccc(Sc5cnc(N6CCC(C)(N)CC6)c(CO)n5)c4Cl)CC3)CC2)NC(=O)[C@@H]2C[C@@H](O)CN2C(=O)[C@H](C(C)C)n2cc(C)nn2)cc1. The van der Waals surface area contributed by atoms with E-state index in [1.165, 1.54) is 16.7 Å². The van der Waals surface area contributed by atoms with Gasteiger partial charge in [-0.1, -0.05) is 66.7 Å². The summed E-state index contributed by atoms with van der Waals surface area (Å²) in [4.78, 5) is 67.1. The van der Waals surface area contributed by atoms with E-state index in [0.717, 1.165) is 49.3 Å². The molecule has 8 heterocycles. The highest BCUT2D eigenvalue weighted by molar-refractivity contribution is 7.99. The molecule has 6 N–H and O–H groups in total. The second kappa shape index (κ2) is 23.5. The first-order chi connectivity index (χ1) is 36.4. The van der Waals surface area contributed by atoms with Gasteiger partial charge in [0.1, 0.15) is 34.2 Å². The zero-order valence-electron chi connectivity index (χ0n) is 44.1. The van der Waals surface area contributed by atoms with Crippen LogP contribution in [0, 0.1) is 12.8 Å². The number of aryl methyl sites for hydroxylation is 2. The number of nitrogens with two attached hydrogens (primary N) is 1. The molecule has 0 spiro atoms. The van der Waals surface area contributed by atoms with Crippen LogP contribution in [0.2, 0.25) is 5.02 Å². The fraction of sp³-hybridized carbons (Fsp3) is 0.566. The molecule has 1 aromatic carbocycles. The van der Waals surface area contributed by atoms with Crippen molar-refractivity contribution in [2.24, 2.45) is 11.7 Å². The van der Waals surface area contributed by atoms with E-state index in [9.17, 15) is 29.7 Å². The number of piperazine rings is 1. The summed E-state index contributed by atoms with van der Waals surface area (Å²) in [6, 6.07) is 9.84. The Hall–Kier alpha value is -5.75. The summed E-state index contributed by atoms with van der Waals surface area (Å²) in [5, 5.41) is 50.0. The molecule has 0 unspecified atom stereocenters. The number of piperidine rings is 2. The van der Waals surface area contributed by atoms with Crippen LogP contribution in [0.15, 0.2) is 71.1 Å². The maximum absolute atomic E-state index is 14.4. The molecule has 3 amide bonds. The van der Waals surface area contributed by atoms with Crippen LogP contribution in [-0.2, 0) is 27.5 Å². The van der Waals surface area contributed by atoms with Gasteiger partial charge in [-0.2, -0.15) is 5.10 Å². The first-order valence-electron chi connectivity index (χ1n) is 26.6. The molecule has 0 saturated carbocycles. The summed E-state index contributed by atoms with van der Waals surface area (Å²) in [7, 11) is 0. The van der Waals surface area contributed by atoms with Crippen LogP contribution in [0.1, 0.15) is 95.3 Å². The molecule has 23 heteroatoms. The van der Waals surface area contributed by atoms with E-state index in [0.29, 0.717) is 90.2 Å². The molecule has 4 aromatic heterocycles. The quantitative estimate of drug-likeness (QED) is 0.0887. The number of pyridine rings is 1. The number of carbonyl (C=O) groups is 3. The highest BCUT2D eigenvalue weighted by atomic mass is 35.5. The second-order valence-corrected chi connectivity index (χ2v) is 22.8. The molecular formula is C53H72ClN15O6S. The molecule has 0 radical (unpaired) electrons. The van der Waals surface area contributed by atoms with Crippen molar-refractivity contribution in [1.82, 2.24) is 59.7 Å². The summed E-state index contributed by atoms with van der Waals surface area (Å²) >= 11 is 8.34. The van der Waals surface area contributed by atoms with E-state index in [4.69, 9.17) is 27.3 Å². The minimum Gasteiger partial charge on any atom is -0.391 e. The predicted octanol–water partition coefficient (Wildman–Crippen LogP) is 3.85. The molecule has 4 saturated heterocycles. The van der Waals surface area contributed by atoms with Gasteiger partial charge in [0.2, 0.25) is 11.8 Å². The number of β-amino-alcohol motifs (C(OH)–C–C–N with tert-alkyl or cyclic N) is 1. The van der Waals surface area contributed by atoms with Crippen molar-refractivity contribution < 1.29 is 29.7 Å². The van der Waals surface area contributed by atoms with Crippen molar-refractivity contribution in [3.8, 4) is 11.3 Å². The Kier molecular flexibility index (Phi) is 17.0. The van der Waals surface area contributed by atoms with Crippen LogP contribution in [0.4, 0.5) is 11.6 Å². The van der Waals surface area contributed by atoms with Gasteiger partial charge in [-0.05, 0) is 69.2 Å². The third-order valence-electron chi connectivity index (χ3n) is 15.5. The molecule has 4 aliphatic heterocycles. The second-order valence-electron chi connectivity index (χ2n) is 21.4. The van der Waals surface area contributed by atoms with Crippen molar-refractivity contribution >= 4 is 52.7 Å². The van der Waals surface area contributed by atoms with Gasteiger partial charge in [-0.25, -0.2) is 19.6 Å².